The van der Waals surface area contributed by atoms with E-state index in [0.717, 1.165) is 19.5 Å². The van der Waals surface area contributed by atoms with Crippen molar-refractivity contribution in [2.24, 2.45) is 5.92 Å². The molecule has 1 aromatic carbocycles. The predicted octanol–water partition coefficient (Wildman–Crippen LogP) is 2.59. The molecule has 0 aliphatic carbocycles. The highest BCUT2D eigenvalue weighted by Gasteiger charge is 2.23. The molecule has 2 rings (SSSR count). The molecule has 90 valence electrons. The summed E-state index contributed by atoms with van der Waals surface area (Å²) in [5.41, 5.74) is 0.553. The summed E-state index contributed by atoms with van der Waals surface area (Å²) in [6, 6.07) is 7.18. The van der Waals surface area contributed by atoms with Gasteiger partial charge in [-0.25, -0.2) is 0 Å². The van der Waals surface area contributed by atoms with Gasteiger partial charge in [-0.05, 0) is 37.1 Å². The molecule has 1 aliphatic rings. The van der Waals surface area contributed by atoms with Gasteiger partial charge in [-0.2, -0.15) is 5.26 Å². The van der Waals surface area contributed by atoms with Gasteiger partial charge in [0.15, 0.2) is 0 Å². The van der Waals surface area contributed by atoms with E-state index in [4.69, 9.17) is 21.6 Å². The van der Waals surface area contributed by atoms with Crippen LogP contribution in [0.2, 0.25) is 5.02 Å². The van der Waals surface area contributed by atoms with Crippen LogP contribution < -0.4 is 10.1 Å². The molecule has 0 saturated carbocycles. The van der Waals surface area contributed by atoms with Gasteiger partial charge in [0.25, 0.3) is 0 Å². The first-order valence-corrected chi connectivity index (χ1v) is 6.15. The van der Waals surface area contributed by atoms with Crippen molar-refractivity contribution in [1.82, 2.24) is 5.32 Å². The van der Waals surface area contributed by atoms with Gasteiger partial charge in [0.2, 0.25) is 0 Å². The van der Waals surface area contributed by atoms with Crippen molar-refractivity contribution in [1.29, 1.82) is 5.26 Å². The Morgan fingerprint density at radius 1 is 1.53 bits per heavy atom. The zero-order valence-electron chi connectivity index (χ0n) is 9.74. The molecule has 2 atom stereocenters. The molecule has 3 nitrogen and oxygen atoms in total. The first-order valence-electron chi connectivity index (χ1n) is 5.77. The van der Waals surface area contributed by atoms with E-state index in [0.29, 0.717) is 22.3 Å². The molecule has 1 N–H and O–H groups in total. The lowest BCUT2D eigenvalue weighted by atomic mass is 9.97. The highest BCUT2D eigenvalue weighted by molar-refractivity contribution is 6.32. The van der Waals surface area contributed by atoms with Crippen molar-refractivity contribution in [2.75, 3.05) is 13.1 Å². The molecule has 0 aromatic heterocycles. The van der Waals surface area contributed by atoms with Gasteiger partial charge >= 0.3 is 0 Å². The third kappa shape index (κ3) is 2.91. The number of nitrogens with zero attached hydrogens (tertiary/aromatic N) is 1. The lowest BCUT2D eigenvalue weighted by Crippen LogP contribution is -2.42. The van der Waals surface area contributed by atoms with Gasteiger partial charge in [-0.3, -0.25) is 0 Å². The molecule has 0 bridgehead atoms. The minimum atomic E-state index is 0.147. The van der Waals surface area contributed by atoms with Gasteiger partial charge < -0.3 is 10.1 Å². The van der Waals surface area contributed by atoms with Gasteiger partial charge in [-0.15, -0.1) is 0 Å². The minimum Gasteiger partial charge on any atom is -0.487 e. The zero-order chi connectivity index (χ0) is 12.3. The molecule has 4 heteroatoms. The number of hydrogen-bond acceptors (Lipinski definition) is 3. The van der Waals surface area contributed by atoms with Gasteiger partial charge in [0.1, 0.15) is 11.9 Å². The fourth-order valence-electron chi connectivity index (χ4n) is 1.95. The third-order valence-corrected chi connectivity index (χ3v) is 3.39. The SMILES string of the molecule is CC1CCNCC1Oc1ccc(C#N)cc1Cl. The summed E-state index contributed by atoms with van der Waals surface area (Å²) in [5.74, 6) is 1.18. The van der Waals surface area contributed by atoms with Crippen LogP contribution >= 0.6 is 11.6 Å². The summed E-state index contributed by atoms with van der Waals surface area (Å²) in [4.78, 5) is 0. The Labute approximate surface area is 106 Å². The Kier molecular flexibility index (Phi) is 3.88. The lowest BCUT2D eigenvalue weighted by Gasteiger charge is -2.30. The largest absolute Gasteiger partial charge is 0.487 e. The average molecular weight is 251 g/mol. The van der Waals surface area contributed by atoms with Crippen LogP contribution in [-0.2, 0) is 0 Å². The second-order valence-corrected chi connectivity index (χ2v) is 4.79. The molecule has 0 amide bonds. The van der Waals surface area contributed by atoms with Crippen LogP contribution in [0.4, 0.5) is 0 Å². The Bertz CT molecular complexity index is 442. The summed E-state index contributed by atoms with van der Waals surface area (Å²) >= 11 is 6.08. The van der Waals surface area contributed by atoms with E-state index in [1.807, 2.05) is 0 Å². The van der Waals surface area contributed by atoms with E-state index in [2.05, 4.69) is 18.3 Å². The number of ether oxygens (including phenoxy) is 1. The predicted molar refractivity (Wildman–Crippen MR) is 67.2 cm³/mol. The van der Waals surface area contributed by atoms with Gasteiger partial charge in [-0.1, -0.05) is 18.5 Å². The maximum absolute atomic E-state index is 8.76. The number of rotatable bonds is 2. The van der Waals surface area contributed by atoms with E-state index >= 15 is 0 Å². The Morgan fingerprint density at radius 2 is 2.35 bits per heavy atom. The number of nitriles is 1. The van der Waals surface area contributed by atoms with E-state index < -0.39 is 0 Å². The van der Waals surface area contributed by atoms with Crippen molar-refractivity contribution in [2.45, 2.75) is 19.4 Å². The average Bonchev–Trinajstić information content (AvgIpc) is 2.34. The van der Waals surface area contributed by atoms with Crippen LogP contribution in [0.3, 0.4) is 0 Å². The first kappa shape index (κ1) is 12.2. The maximum atomic E-state index is 8.76. The van der Waals surface area contributed by atoms with Crippen molar-refractivity contribution in [3.63, 3.8) is 0 Å². The summed E-state index contributed by atoms with van der Waals surface area (Å²) in [6.07, 6.45) is 1.26. The first-order chi connectivity index (χ1) is 8.20. The Balaban J connectivity index is 2.10. The number of piperidine rings is 1. The summed E-state index contributed by atoms with van der Waals surface area (Å²) in [7, 11) is 0. The Hall–Kier alpha value is -1.24. The van der Waals surface area contributed by atoms with E-state index in [1.54, 1.807) is 18.2 Å². The van der Waals surface area contributed by atoms with Crippen molar-refractivity contribution < 1.29 is 4.74 Å². The number of halogens is 1. The maximum Gasteiger partial charge on any atom is 0.138 e. The molecule has 1 fully saturated rings. The normalized spacial score (nSPS) is 24.1. The molecular weight excluding hydrogens is 236 g/mol. The van der Waals surface area contributed by atoms with Crippen LogP contribution in [0, 0.1) is 17.2 Å². The smallest absolute Gasteiger partial charge is 0.138 e. The van der Waals surface area contributed by atoms with Crippen LogP contribution in [0.1, 0.15) is 18.9 Å². The van der Waals surface area contributed by atoms with Crippen LogP contribution in [0.25, 0.3) is 0 Å². The van der Waals surface area contributed by atoms with Gasteiger partial charge in [0, 0.05) is 6.54 Å². The standard InChI is InChI=1S/C13H15ClN2O/c1-9-4-5-16-8-13(9)17-12-3-2-10(7-15)6-11(12)14/h2-3,6,9,13,16H,4-5,8H2,1H3. The fraction of sp³-hybridized carbons (Fsp3) is 0.462. The zero-order valence-corrected chi connectivity index (χ0v) is 10.5. The van der Waals surface area contributed by atoms with E-state index in [9.17, 15) is 0 Å². The molecule has 1 saturated heterocycles. The highest BCUT2D eigenvalue weighted by Crippen LogP contribution is 2.28. The number of benzene rings is 1. The fourth-order valence-corrected chi connectivity index (χ4v) is 2.17. The van der Waals surface area contributed by atoms with Crippen LogP contribution in [-0.4, -0.2) is 19.2 Å². The van der Waals surface area contributed by atoms with Gasteiger partial charge in [0.05, 0.1) is 16.7 Å². The third-order valence-electron chi connectivity index (χ3n) is 3.10. The molecule has 2 unspecified atom stereocenters. The minimum absolute atomic E-state index is 0.147. The molecule has 1 aliphatic heterocycles. The topological polar surface area (TPSA) is 45.0 Å². The molecule has 17 heavy (non-hydrogen) atoms. The monoisotopic (exact) mass is 250 g/mol. The van der Waals surface area contributed by atoms with E-state index in [1.165, 1.54) is 0 Å². The summed E-state index contributed by atoms with van der Waals surface area (Å²) < 4.78 is 5.89. The quantitative estimate of drug-likeness (QED) is 0.878. The molecule has 1 aromatic rings. The molecule has 0 spiro atoms. The Morgan fingerprint density at radius 3 is 3.00 bits per heavy atom. The van der Waals surface area contributed by atoms with Crippen LogP contribution in [0.5, 0.6) is 5.75 Å². The second kappa shape index (κ2) is 5.39. The number of hydrogen-bond donors (Lipinski definition) is 1. The lowest BCUT2D eigenvalue weighted by molar-refractivity contribution is 0.115. The van der Waals surface area contributed by atoms with Crippen molar-refractivity contribution >= 4 is 11.6 Å². The van der Waals surface area contributed by atoms with Crippen molar-refractivity contribution in [3.05, 3.63) is 28.8 Å². The molecule has 1 heterocycles. The summed E-state index contributed by atoms with van der Waals surface area (Å²) in [5, 5.41) is 12.6. The summed E-state index contributed by atoms with van der Waals surface area (Å²) in [6.45, 7) is 4.07. The van der Waals surface area contributed by atoms with E-state index in [-0.39, 0.29) is 6.10 Å². The number of nitrogens with one attached hydrogen (secondary N) is 1. The highest BCUT2D eigenvalue weighted by atomic mass is 35.5. The second-order valence-electron chi connectivity index (χ2n) is 4.38. The molecule has 0 radical (unpaired) electrons. The molecular formula is C13H15ClN2O. The van der Waals surface area contributed by atoms with Crippen molar-refractivity contribution in [3.8, 4) is 11.8 Å². The van der Waals surface area contributed by atoms with Crippen LogP contribution in [0.15, 0.2) is 18.2 Å².